The van der Waals surface area contributed by atoms with Gasteiger partial charge in [-0.3, -0.25) is 0 Å². The maximum Gasteiger partial charge on any atom is 0.158 e. The van der Waals surface area contributed by atoms with E-state index in [0.717, 1.165) is 43.8 Å². The van der Waals surface area contributed by atoms with Crippen molar-refractivity contribution < 1.29 is 15.0 Å². The highest BCUT2D eigenvalue weighted by Gasteiger charge is 2.63. The molecular formula is C20H32O3. The quantitative estimate of drug-likeness (QED) is 0.604. The van der Waals surface area contributed by atoms with Gasteiger partial charge in [-0.25, -0.2) is 0 Å². The molecule has 0 aromatic rings. The number of rotatable bonds is 2. The van der Waals surface area contributed by atoms with Crippen molar-refractivity contribution in [2.75, 3.05) is 0 Å². The van der Waals surface area contributed by atoms with Gasteiger partial charge in [0.25, 0.3) is 0 Å². The minimum absolute atomic E-state index is 0.148. The molecule has 0 amide bonds. The number of hydrogen-bond acceptors (Lipinski definition) is 3. The lowest BCUT2D eigenvalue weighted by Gasteiger charge is -2.61. The average Bonchev–Trinajstić information content (AvgIpc) is 2.94. The lowest BCUT2D eigenvalue weighted by molar-refractivity contribution is -0.212. The van der Waals surface area contributed by atoms with Gasteiger partial charge in [-0.15, -0.1) is 0 Å². The Morgan fingerprint density at radius 2 is 1.78 bits per heavy atom. The molecule has 4 aliphatic carbocycles. The molecule has 130 valence electrons. The number of aldehydes is 1. The van der Waals surface area contributed by atoms with Crippen LogP contribution in [0.3, 0.4) is 0 Å². The third-order valence-corrected chi connectivity index (χ3v) is 8.88. The minimum Gasteiger partial charge on any atom is -0.368 e. The summed E-state index contributed by atoms with van der Waals surface area (Å²) in [5.41, 5.74) is -0.0756. The molecule has 0 aliphatic heterocycles. The molecule has 3 heteroatoms. The van der Waals surface area contributed by atoms with Gasteiger partial charge in [0.15, 0.2) is 6.29 Å². The van der Waals surface area contributed by atoms with E-state index < -0.39 is 11.7 Å². The zero-order valence-electron chi connectivity index (χ0n) is 14.4. The third-order valence-electron chi connectivity index (χ3n) is 8.88. The van der Waals surface area contributed by atoms with Crippen LogP contribution >= 0.6 is 0 Å². The average molecular weight is 320 g/mol. The van der Waals surface area contributed by atoms with E-state index >= 15 is 0 Å². The molecule has 23 heavy (non-hydrogen) atoms. The van der Waals surface area contributed by atoms with Crippen LogP contribution in [0.4, 0.5) is 0 Å². The minimum atomic E-state index is -1.33. The lowest BCUT2D eigenvalue weighted by Crippen LogP contribution is -2.56. The standard InChI is InChI=1S/C20H32O3/c1-19-10-3-2-4-13(19)5-7-15-16(19)9-11-20(18(22)23)14(12-21)6-8-17(15)20/h12-18,22-23H,2-11H2,1H3/t13-,14+,15+,16-,17-,19-,20-/m0/s1. The number of fused-ring (bicyclic) bond motifs is 5. The van der Waals surface area contributed by atoms with E-state index in [2.05, 4.69) is 6.92 Å². The summed E-state index contributed by atoms with van der Waals surface area (Å²) < 4.78 is 0. The normalized spacial score (nSPS) is 52.6. The van der Waals surface area contributed by atoms with E-state index in [1.54, 1.807) is 0 Å². The van der Waals surface area contributed by atoms with Crippen LogP contribution < -0.4 is 0 Å². The summed E-state index contributed by atoms with van der Waals surface area (Å²) in [5, 5.41) is 20.4. The first-order valence-corrected chi connectivity index (χ1v) is 9.85. The van der Waals surface area contributed by atoms with Crippen molar-refractivity contribution in [3.63, 3.8) is 0 Å². The molecule has 7 atom stereocenters. The van der Waals surface area contributed by atoms with Gasteiger partial charge in [0.1, 0.15) is 6.29 Å². The molecule has 3 nitrogen and oxygen atoms in total. The highest BCUT2D eigenvalue weighted by Crippen LogP contribution is 2.67. The second-order valence-electron chi connectivity index (χ2n) is 9.25. The summed E-state index contributed by atoms with van der Waals surface area (Å²) >= 11 is 0. The van der Waals surface area contributed by atoms with Crippen molar-refractivity contribution in [1.29, 1.82) is 0 Å². The zero-order chi connectivity index (χ0) is 16.2. The van der Waals surface area contributed by atoms with E-state index in [0.29, 0.717) is 17.3 Å². The fourth-order valence-electron chi connectivity index (χ4n) is 7.77. The van der Waals surface area contributed by atoms with E-state index in [1.165, 1.54) is 38.5 Å². The van der Waals surface area contributed by atoms with Crippen molar-refractivity contribution in [2.24, 2.45) is 40.4 Å². The molecule has 0 heterocycles. The van der Waals surface area contributed by atoms with Gasteiger partial charge in [-0.1, -0.05) is 19.8 Å². The molecule has 0 radical (unpaired) electrons. The Balaban J connectivity index is 1.68. The summed E-state index contributed by atoms with van der Waals surface area (Å²) in [7, 11) is 0. The second kappa shape index (κ2) is 5.56. The number of aliphatic hydroxyl groups excluding tert-OH is 1. The van der Waals surface area contributed by atoms with E-state index in [-0.39, 0.29) is 5.92 Å². The predicted molar refractivity (Wildman–Crippen MR) is 88.4 cm³/mol. The molecule has 4 aliphatic rings. The van der Waals surface area contributed by atoms with Crippen LogP contribution in [-0.2, 0) is 4.79 Å². The first-order valence-electron chi connectivity index (χ1n) is 9.85. The van der Waals surface area contributed by atoms with Crippen LogP contribution in [0, 0.1) is 40.4 Å². The van der Waals surface area contributed by atoms with Crippen LogP contribution in [0.1, 0.15) is 71.1 Å². The predicted octanol–water partition coefficient (Wildman–Crippen LogP) is 3.53. The summed E-state index contributed by atoms with van der Waals surface area (Å²) in [6.07, 6.45) is 11.6. The molecule has 2 N–H and O–H groups in total. The number of aliphatic hydroxyl groups is 2. The van der Waals surface area contributed by atoms with Gasteiger partial charge < -0.3 is 15.0 Å². The fourth-order valence-corrected chi connectivity index (χ4v) is 7.77. The molecule has 4 fully saturated rings. The summed E-state index contributed by atoms with van der Waals surface area (Å²) in [5.74, 6) is 2.42. The SMILES string of the molecule is C[C@]12CCCC[C@H]1CC[C@@H]1[C@@H]2CC[C@]2(C(O)O)[C@@H](C=O)CC[C@@H]12. The maximum atomic E-state index is 11.6. The molecule has 0 bridgehead atoms. The van der Waals surface area contributed by atoms with E-state index in [4.69, 9.17) is 0 Å². The largest absolute Gasteiger partial charge is 0.368 e. The molecule has 0 aromatic carbocycles. The van der Waals surface area contributed by atoms with Crippen molar-refractivity contribution in [1.82, 2.24) is 0 Å². The Hall–Kier alpha value is -0.410. The number of carbonyl (C=O) groups is 1. The molecular weight excluding hydrogens is 288 g/mol. The number of carbonyl (C=O) groups excluding carboxylic acids is 1. The topological polar surface area (TPSA) is 57.5 Å². The monoisotopic (exact) mass is 320 g/mol. The van der Waals surface area contributed by atoms with Crippen LogP contribution in [0.5, 0.6) is 0 Å². The fraction of sp³-hybridized carbons (Fsp3) is 0.950. The van der Waals surface area contributed by atoms with Gasteiger partial charge in [0, 0.05) is 11.3 Å². The van der Waals surface area contributed by atoms with Gasteiger partial charge in [-0.05, 0) is 80.5 Å². The maximum absolute atomic E-state index is 11.6. The summed E-state index contributed by atoms with van der Waals surface area (Å²) in [6, 6.07) is 0. The molecule has 0 aromatic heterocycles. The Bertz CT molecular complexity index is 476. The molecule has 0 unspecified atom stereocenters. The first kappa shape index (κ1) is 16.1. The number of hydrogen-bond donors (Lipinski definition) is 2. The van der Waals surface area contributed by atoms with Crippen molar-refractivity contribution >= 4 is 6.29 Å². The summed E-state index contributed by atoms with van der Waals surface area (Å²) in [6.45, 7) is 2.53. The van der Waals surface area contributed by atoms with Crippen molar-refractivity contribution in [3.8, 4) is 0 Å². The second-order valence-corrected chi connectivity index (χ2v) is 9.25. The van der Waals surface area contributed by atoms with Gasteiger partial charge in [0.2, 0.25) is 0 Å². The van der Waals surface area contributed by atoms with Crippen LogP contribution in [0.2, 0.25) is 0 Å². The van der Waals surface area contributed by atoms with Gasteiger partial charge in [0.05, 0.1) is 0 Å². The Kier molecular flexibility index (Phi) is 3.88. The van der Waals surface area contributed by atoms with Gasteiger partial charge in [-0.2, -0.15) is 0 Å². The Labute approximate surface area is 139 Å². The smallest absolute Gasteiger partial charge is 0.158 e. The third kappa shape index (κ3) is 2.05. The Morgan fingerprint density at radius 3 is 2.52 bits per heavy atom. The highest BCUT2D eigenvalue weighted by atomic mass is 16.5. The van der Waals surface area contributed by atoms with Crippen molar-refractivity contribution in [2.45, 2.75) is 77.4 Å². The molecule has 4 rings (SSSR count). The zero-order valence-corrected chi connectivity index (χ0v) is 14.4. The van der Waals surface area contributed by atoms with Crippen LogP contribution in [0.15, 0.2) is 0 Å². The Morgan fingerprint density at radius 1 is 0.957 bits per heavy atom. The van der Waals surface area contributed by atoms with Crippen LogP contribution in [-0.4, -0.2) is 22.8 Å². The first-order chi connectivity index (χ1) is 11.0. The highest BCUT2D eigenvalue weighted by molar-refractivity contribution is 5.56. The molecule has 0 spiro atoms. The molecule has 0 saturated heterocycles. The van der Waals surface area contributed by atoms with Crippen LogP contribution in [0.25, 0.3) is 0 Å². The lowest BCUT2D eigenvalue weighted by atomic mass is 9.44. The molecule has 4 saturated carbocycles. The van der Waals surface area contributed by atoms with Gasteiger partial charge >= 0.3 is 0 Å². The van der Waals surface area contributed by atoms with E-state index in [9.17, 15) is 15.0 Å². The van der Waals surface area contributed by atoms with Crippen molar-refractivity contribution in [3.05, 3.63) is 0 Å². The van der Waals surface area contributed by atoms with E-state index in [1.807, 2.05) is 0 Å². The summed E-state index contributed by atoms with van der Waals surface area (Å²) in [4.78, 5) is 11.6.